The number of rotatable bonds is 7. The normalized spacial score (nSPS) is 11.0. The van der Waals surface area contributed by atoms with Gasteiger partial charge in [0.1, 0.15) is 17.2 Å². The highest BCUT2D eigenvalue weighted by Crippen LogP contribution is 2.28. The molecule has 1 amide bonds. The maximum atomic E-state index is 12.8. The van der Waals surface area contributed by atoms with E-state index in [2.05, 4.69) is 35.8 Å². The van der Waals surface area contributed by atoms with E-state index < -0.39 is 5.91 Å². The van der Waals surface area contributed by atoms with Crippen molar-refractivity contribution in [3.8, 4) is 28.6 Å². The maximum Gasteiger partial charge on any atom is 0.294 e. The number of phenolic OH excluding ortho intramolecular Hbond substituents is 1. The molecule has 0 unspecified atom stereocenters. The van der Waals surface area contributed by atoms with Gasteiger partial charge in [-0.15, -0.1) is 5.10 Å². The summed E-state index contributed by atoms with van der Waals surface area (Å²) in [6, 6.07) is 13.4. The van der Waals surface area contributed by atoms with Crippen LogP contribution in [0, 0.1) is 0 Å². The molecule has 0 spiro atoms. The lowest BCUT2D eigenvalue weighted by atomic mass is 10.1. The van der Waals surface area contributed by atoms with Crippen molar-refractivity contribution in [1.82, 2.24) is 30.7 Å². The number of benzene rings is 2. The summed E-state index contributed by atoms with van der Waals surface area (Å²) in [5, 5.41) is 28.7. The molecule has 32 heavy (non-hydrogen) atoms. The minimum atomic E-state index is -0.619. The van der Waals surface area contributed by atoms with Crippen molar-refractivity contribution in [3.05, 3.63) is 59.8 Å². The van der Waals surface area contributed by atoms with Crippen LogP contribution in [0.4, 0.5) is 5.82 Å². The van der Waals surface area contributed by atoms with Crippen molar-refractivity contribution in [2.45, 2.75) is 6.92 Å². The van der Waals surface area contributed by atoms with Gasteiger partial charge in [-0.3, -0.25) is 4.79 Å². The first-order valence-electron chi connectivity index (χ1n) is 9.46. The molecule has 0 bridgehead atoms. The Balaban J connectivity index is 1.68. The van der Waals surface area contributed by atoms with Crippen LogP contribution >= 0.6 is 0 Å². The van der Waals surface area contributed by atoms with Crippen molar-refractivity contribution < 1.29 is 19.3 Å². The Kier molecular flexibility index (Phi) is 5.74. The fraction of sp³-hybridized carbons (Fsp3) is 0.100. The number of carbonyl (C=O) groups excluding carboxylic acids is 1. The van der Waals surface area contributed by atoms with Gasteiger partial charge in [-0.2, -0.15) is 9.78 Å². The van der Waals surface area contributed by atoms with Gasteiger partial charge in [-0.25, -0.2) is 10.1 Å². The summed E-state index contributed by atoms with van der Waals surface area (Å²) < 4.78 is 11.4. The largest absolute Gasteiger partial charge is 0.508 e. The van der Waals surface area contributed by atoms with Crippen LogP contribution in [0.2, 0.25) is 0 Å². The molecule has 2 aromatic carbocycles. The Bertz CT molecular complexity index is 1260. The molecular formula is C20H18N8O4. The van der Waals surface area contributed by atoms with Crippen LogP contribution < -0.4 is 15.9 Å². The number of phenols is 1. The minimum Gasteiger partial charge on any atom is -0.508 e. The first-order valence-corrected chi connectivity index (χ1v) is 9.46. The lowest BCUT2D eigenvalue weighted by Gasteiger charge is -2.07. The number of carbonyl (C=O) groups is 1. The predicted octanol–water partition coefficient (Wildman–Crippen LogP) is 1.77. The molecule has 0 atom stereocenters. The predicted molar refractivity (Wildman–Crippen MR) is 113 cm³/mol. The zero-order valence-corrected chi connectivity index (χ0v) is 16.8. The number of anilines is 1. The summed E-state index contributed by atoms with van der Waals surface area (Å²) in [5.74, 6) is 0.200. The minimum absolute atomic E-state index is 0.0176. The molecule has 0 saturated carbocycles. The maximum absolute atomic E-state index is 12.8. The number of nitrogen functional groups attached to an aromatic ring is 1. The Labute approximate surface area is 181 Å². The van der Waals surface area contributed by atoms with Crippen LogP contribution in [-0.4, -0.2) is 49.1 Å². The number of hydrazone groups is 1. The van der Waals surface area contributed by atoms with Gasteiger partial charge in [0.25, 0.3) is 5.91 Å². The third kappa shape index (κ3) is 4.23. The molecule has 0 fully saturated rings. The van der Waals surface area contributed by atoms with Gasteiger partial charge < -0.3 is 15.6 Å². The second-order valence-electron chi connectivity index (χ2n) is 6.42. The van der Waals surface area contributed by atoms with Gasteiger partial charge in [0.05, 0.1) is 12.8 Å². The average Bonchev–Trinajstić information content (AvgIpc) is 3.40. The van der Waals surface area contributed by atoms with Crippen LogP contribution in [0.15, 0.2) is 58.3 Å². The Hall–Kier alpha value is -4.74. The molecule has 0 radical (unpaired) electrons. The van der Waals surface area contributed by atoms with Crippen LogP contribution in [0.1, 0.15) is 23.0 Å². The van der Waals surface area contributed by atoms with Gasteiger partial charge in [-0.05, 0) is 59.2 Å². The van der Waals surface area contributed by atoms with Gasteiger partial charge in [-0.1, -0.05) is 17.3 Å². The molecule has 12 heteroatoms. The number of hydrogen-bond acceptors (Lipinski definition) is 10. The molecule has 0 saturated heterocycles. The van der Waals surface area contributed by atoms with E-state index in [1.807, 2.05) is 6.92 Å². The zero-order chi connectivity index (χ0) is 22.5. The molecule has 4 rings (SSSR count). The quantitative estimate of drug-likeness (QED) is 0.290. The summed E-state index contributed by atoms with van der Waals surface area (Å²) in [6.07, 6.45) is 1.39. The topological polar surface area (TPSA) is 167 Å². The number of hydrogen-bond donors (Lipinski definition) is 3. The highest BCUT2D eigenvalue weighted by atomic mass is 16.6. The average molecular weight is 434 g/mol. The summed E-state index contributed by atoms with van der Waals surface area (Å²) >= 11 is 0. The number of nitrogens with zero attached hydrogens (tertiary/aromatic N) is 6. The number of aromatic hydroxyl groups is 1. The first-order chi connectivity index (χ1) is 15.6. The van der Waals surface area contributed by atoms with Crippen LogP contribution in [0.3, 0.4) is 0 Å². The second kappa shape index (κ2) is 8.95. The van der Waals surface area contributed by atoms with E-state index in [0.717, 1.165) is 0 Å². The zero-order valence-electron chi connectivity index (χ0n) is 16.8. The molecular weight excluding hydrogens is 416 g/mol. The fourth-order valence-corrected chi connectivity index (χ4v) is 2.88. The lowest BCUT2D eigenvalue weighted by Crippen LogP contribution is -2.19. The van der Waals surface area contributed by atoms with Gasteiger partial charge in [0, 0.05) is 5.56 Å². The Morgan fingerprint density at radius 2 is 2.09 bits per heavy atom. The Morgan fingerprint density at radius 3 is 2.78 bits per heavy atom. The summed E-state index contributed by atoms with van der Waals surface area (Å²) in [7, 11) is 0. The lowest BCUT2D eigenvalue weighted by molar-refractivity contribution is 0.0950. The molecule has 12 nitrogen and oxygen atoms in total. The number of nitrogens with two attached hydrogens (primary N) is 1. The van der Waals surface area contributed by atoms with E-state index in [-0.39, 0.29) is 23.1 Å². The van der Waals surface area contributed by atoms with E-state index >= 15 is 0 Å². The SMILES string of the molecule is CCOc1ccc(-c2c(C(=O)N/N=C\c3cccc(O)c3)nnn2-c2nonc2N)cc1. The molecule has 2 aromatic heterocycles. The van der Waals surface area contributed by atoms with E-state index in [4.69, 9.17) is 10.5 Å². The molecule has 4 aromatic rings. The van der Waals surface area contributed by atoms with Crippen LogP contribution in [0.5, 0.6) is 11.5 Å². The summed E-state index contributed by atoms with van der Waals surface area (Å²) in [4.78, 5) is 12.8. The van der Waals surface area contributed by atoms with Crippen molar-refractivity contribution in [2.75, 3.05) is 12.3 Å². The van der Waals surface area contributed by atoms with E-state index in [9.17, 15) is 9.90 Å². The second-order valence-corrected chi connectivity index (χ2v) is 6.42. The first kappa shape index (κ1) is 20.5. The standard InChI is InChI=1S/C20H18N8O4/c1-2-31-15-8-6-13(7-9-15)17-16(23-27-28(17)19-18(21)25-32-26-19)20(30)24-22-11-12-4-3-5-14(29)10-12/h3-11,29H,2H2,1H3,(H2,21,25)(H,24,30)/b22-11-. The van der Waals surface area contributed by atoms with Crippen molar-refractivity contribution in [3.63, 3.8) is 0 Å². The molecule has 0 aliphatic heterocycles. The summed E-state index contributed by atoms with van der Waals surface area (Å²) in [6.45, 7) is 2.40. The van der Waals surface area contributed by atoms with E-state index in [0.29, 0.717) is 29.2 Å². The highest BCUT2D eigenvalue weighted by Gasteiger charge is 2.25. The smallest absolute Gasteiger partial charge is 0.294 e. The van der Waals surface area contributed by atoms with E-state index in [1.165, 1.54) is 23.0 Å². The monoisotopic (exact) mass is 434 g/mol. The number of amides is 1. The third-order valence-electron chi connectivity index (χ3n) is 4.27. The molecule has 0 aliphatic carbocycles. The fourth-order valence-electron chi connectivity index (χ4n) is 2.88. The number of nitrogens with one attached hydrogen (secondary N) is 1. The van der Waals surface area contributed by atoms with Crippen molar-refractivity contribution in [1.29, 1.82) is 0 Å². The molecule has 2 heterocycles. The third-order valence-corrected chi connectivity index (χ3v) is 4.27. The van der Waals surface area contributed by atoms with E-state index in [1.54, 1.807) is 36.4 Å². The van der Waals surface area contributed by atoms with Crippen molar-refractivity contribution >= 4 is 17.9 Å². The van der Waals surface area contributed by atoms with Gasteiger partial charge in [0.2, 0.25) is 11.6 Å². The molecule has 162 valence electrons. The van der Waals surface area contributed by atoms with Gasteiger partial charge in [0.15, 0.2) is 5.69 Å². The number of aromatic nitrogens is 5. The van der Waals surface area contributed by atoms with Crippen LogP contribution in [0.25, 0.3) is 17.1 Å². The molecule has 4 N–H and O–H groups in total. The van der Waals surface area contributed by atoms with Crippen molar-refractivity contribution in [2.24, 2.45) is 5.10 Å². The highest BCUT2D eigenvalue weighted by molar-refractivity contribution is 5.98. The van der Waals surface area contributed by atoms with Gasteiger partial charge >= 0.3 is 0 Å². The summed E-state index contributed by atoms with van der Waals surface area (Å²) in [5.41, 5.74) is 9.69. The molecule has 0 aliphatic rings. The Morgan fingerprint density at radius 1 is 1.28 bits per heavy atom. The van der Waals surface area contributed by atoms with Crippen LogP contribution in [-0.2, 0) is 0 Å². The number of ether oxygens (including phenoxy) is 1.